The highest BCUT2D eigenvalue weighted by molar-refractivity contribution is 5.96. The highest BCUT2D eigenvalue weighted by atomic mass is 16.5. The first-order valence-corrected chi connectivity index (χ1v) is 6.58. The van der Waals surface area contributed by atoms with E-state index in [1.807, 2.05) is 0 Å². The van der Waals surface area contributed by atoms with Crippen molar-refractivity contribution < 1.29 is 19.4 Å². The van der Waals surface area contributed by atoms with Crippen LogP contribution in [0.3, 0.4) is 0 Å². The third-order valence-corrected chi connectivity index (χ3v) is 2.98. The van der Waals surface area contributed by atoms with E-state index in [0.29, 0.717) is 5.56 Å². The maximum absolute atomic E-state index is 12.4. The van der Waals surface area contributed by atoms with Crippen LogP contribution in [0.2, 0.25) is 0 Å². The van der Waals surface area contributed by atoms with Crippen molar-refractivity contribution >= 4 is 11.9 Å². The van der Waals surface area contributed by atoms with Crippen molar-refractivity contribution in [2.75, 3.05) is 26.8 Å². The van der Waals surface area contributed by atoms with Crippen molar-refractivity contribution in [1.82, 2.24) is 19.9 Å². The molecule has 0 radical (unpaired) electrons. The number of carboxylic acids is 1. The highest BCUT2D eigenvalue weighted by Gasteiger charge is 2.18. The van der Waals surface area contributed by atoms with Crippen LogP contribution in [0.15, 0.2) is 36.7 Å². The molecule has 0 aliphatic rings. The fourth-order valence-corrected chi connectivity index (χ4v) is 1.90. The lowest BCUT2D eigenvalue weighted by Gasteiger charge is -2.20. The Morgan fingerprint density at radius 2 is 2.05 bits per heavy atom. The molecule has 0 fully saturated rings. The van der Waals surface area contributed by atoms with Gasteiger partial charge in [0, 0.05) is 19.2 Å². The van der Waals surface area contributed by atoms with Gasteiger partial charge in [-0.1, -0.05) is 5.21 Å². The molecule has 0 aliphatic carbocycles. The molecule has 0 spiro atoms. The lowest BCUT2D eigenvalue weighted by Crippen LogP contribution is -2.38. The normalized spacial score (nSPS) is 10.4. The van der Waals surface area contributed by atoms with E-state index < -0.39 is 5.97 Å². The Labute approximate surface area is 126 Å². The zero-order valence-corrected chi connectivity index (χ0v) is 12.0. The average Bonchev–Trinajstić information content (AvgIpc) is 3.05. The monoisotopic (exact) mass is 304 g/mol. The fourth-order valence-electron chi connectivity index (χ4n) is 1.90. The summed E-state index contributed by atoms with van der Waals surface area (Å²) in [5.74, 6) is -1.42. The largest absolute Gasteiger partial charge is 0.480 e. The third kappa shape index (κ3) is 3.89. The standard InChI is InChI=1S/C14H16N4O4/c1-22-9-8-17(10-13(19)20)14(21)11-2-4-12(5-3-11)18-7-6-15-16-18/h2-7H,8-10H2,1H3,(H,19,20). The maximum atomic E-state index is 12.4. The minimum Gasteiger partial charge on any atom is -0.480 e. The van der Waals surface area contributed by atoms with Crippen LogP contribution in [0, 0.1) is 0 Å². The number of hydrogen-bond acceptors (Lipinski definition) is 5. The van der Waals surface area contributed by atoms with Crippen LogP contribution in [0.4, 0.5) is 0 Å². The van der Waals surface area contributed by atoms with Crippen molar-refractivity contribution in [3.8, 4) is 5.69 Å². The molecule has 1 N–H and O–H groups in total. The van der Waals surface area contributed by atoms with E-state index in [1.54, 1.807) is 41.3 Å². The van der Waals surface area contributed by atoms with Gasteiger partial charge in [0.2, 0.25) is 0 Å². The van der Waals surface area contributed by atoms with Crippen LogP contribution in [0.25, 0.3) is 5.69 Å². The summed E-state index contributed by atoms with van der Waals surface area (Å²) in [6.45, 7) is 0.121. The van der Waals surface area contributed by atoms with Gasteiger partial charge in [0.15, 0.2) is 0 Å². The quantitative estimate of drug-likeness (QED) is 0.797. The molecule has 2 rings (SSSR count). The molecule has 22 heavy (non-hydrogen) atoms. The van der Waals surface area contributed by atoms with Crippen LogP contribution in [0.5, 0.6) is 0 Å². The number of amides is 1. The summed E-state index contributed by atoms with van der Waals surface area (Å²) in [4.78, 5) is 24.5. The summed E-state index contributed by atoms with van der Waals surface area (Å²) in [5.41, 5.74) is 1.16. The molecule has 1 aromatic carbocycles. The van der Waals surface area contributed by atoms with Gasteiger partial charge < -0.3 is 14.7 Å². The minimum atomic E-state index is -1.07. The predicted octanol–water partition coefficient (Wildman–Crippen LogP) is 0.440. The first-order valence-electron chi connectivity index (χ1n) is 6.58. The zero-order valence-electron chi connectivity index (χ0n) is 12.0. The molecule has 1 aromatic heterocycles. The Kier molecular flexibility index (Phi) is 5.21. The Hall–Kier alpha value is -2.74. The molecular formula is C14H16N4O4. The van der Waals surface area contributed by atoms with Gasteiger partial charge in [0.25, 0.3) is 5.91 Å². The number of carboxylic acid groups (broad SMARTS) is 1. The molecule has 0 saturated carbocycles. The average molecular weight is 304 g/mol. The lowest BCUT2D eigenvalue weighted by molar-refractivity contribution is -0.137. The molecule has 8 nitrogen and oxygen atoms in total. The number of rotatable bonds is 7. The van der Waals surface area contributed by atoms with Crippen LogP contribution >= 0.6 is 0 Å². The number of ether oxygens (including phenoxy) is 1. The summed E-state index contributed by atoms with van der Waals surface area (Å²) in [6.07, 6.45) is 3.24. The molecule has 116 valence electrons. The fraction of sp³-hybridized carbons (Fsp3) is 0.286. The van der Waals surface area contributed by atoms with Gasteiger partial charge in [0.05, 0.1) is 24.7 Å². The van der Waals surface area contributed by atoms with Gasteiger partial charge in [-0.3, -0.25) is 9.59 Å². The summed E-state index contributed by atoms with van der Waals surface area (Å²) < 4.78 is 6.47. The summed E-state index contributed by atoms with van der Waals surface area (Å²) in [5, 5.41) is 16.5. The second kappa shape index (κ2) is 7.32. The van der Waals surface area contributed by atoms with Gasteiger partial charge >= 0.3 is 5.97 Å². The lowest BCUT2D eigenvalue weighted by atomic mass is 10.2. The van der Waals surface area contributed by atoms with Crippen LogP contribution in [0.1, 0.15) is 10.4 Å². The van der Waals surface area contributed by atoms with E-state index in [4.69, 9.17) is 9.84 Å². The number of carbonyl (C=O) groups excluding carboxylic acids is 1. The molecule has 0 unspecified atom stereocenters. The van der Waals surface area contributed by atoms with Gasteiger partial charge in [0.1, 0.15) is 6.54 Å². The van der Waals surface area contributed by atoms with E-state index in [-0.39, 0.29) is 25.6 Å². The van der Waals surface area contributed by atoms with E-state index in [9.17, 15) is 9.59 Å². The minimum absolute atomic E-state index is 0.215. The van der Waals surface area contributed by atoms with Gasteiger partial charge in [-0.05, 0) is 24.3 Å². The van der Waals surface area contributed by atoms with Crippen molar-refractivity contribution in [2.24, 2.45) is 0 Å². The second-order valence-corrected chi connectivity index (χ2v) is 4.51. The molecule has 8 heteroatoms. The molecule has 1 amide bonds. The smallest absolute Gasteiger partial charge is 0.323 e. The molecule has 0 aliphatic heterocycles. The van der Waals surface area contributed by atoms with Gasteiger partial charge in [-0.15, -0.1) is 5.10 Å². The van der Waals surface area contributed by atoms with E-state index in [0.717, 1.165) is 5.69 Å². The maximum Gasteiger partial charge on any atom is 0.323 e. The summed E-state index contributed by atoms with van der Waals surface area (Å²) in [7, 11) is 1.50. The number of aliphatic carboxylic acids is 1. The number of hydrogen-bond donors (Lipinski definition) is 1. The van der Waals surface area contributed by atoms with E-state index in [2.05, 4.69) is 10.3 Å². The third-order valence-electron chi connectivity index (χ3n) is 2.98. The SMILES string of the molecule is COCCN(CC(=O)O)C(=O)c1ccc(-n2ccnn2)cc1. The molecular weight excluding hydrogens is 288 g/mol. The van der Waals surface area contributed by atoms with Crippen molar-refractivity contribution in [3.05, 3.63) is 42.2 Å². The predicted molar refractivity (Wildman–Crippen MR) is 76.8 cm³/mol. The zero-order chi connectivity index (χ0) is 15.9. The van der Waals surface area contributed by atoms with Crippen molar-refractivity contribution in [2.45, 2.75) is 0 Å². The van der Waals surface area contributed by atoms with Crippen LogP contribution in [-0.2, 0) is 9.53 Å². The van der Waals surface area contributed by atoms with Crippen LogP contribution in [-0.4, -0.2) is 63.7 Å². The van der Waals surface area contributed by atoms with Crippen molar-refractivity contribution in [3.63, 3.8) is 0 Å². The molecule has 0 saturated heterocycles. The Bertz CT molecular complexity index is 625. The Balaban J connectivity index is 2.13. The molecule has 2 aromatic rings. The van der Waals surface area contributed by atoms with E-state index in [1.165, 1.54) is 12.0 Å². The molecule has 0 bridgehead atoms. The Morgan fingerprint density at radius 3 is 2.59 bits per heavy atom. The molecule has 1 heterocycles. The summed E-state index contributed by atoms with van der Waals surface area (Å²) in [6, 6.07) is 6.69. The summed E-state index contributed by atoms with van der Waals surface area (Å²) >= 11 is 0. The van der Waals surface area contributed by atoms with Crippen LogP contribution < -0.4 is 0 Å². The number of aromatic nitrogens is 3. The molecule has 0 atom stereocenters. The highest BCUT2D eigenvalue weighted by Crippen LogP contribution is 2.10. The number of benzene rings is 1. The first kappa shape index (κ1) is 15.6. The topological polar surface area (TPSA) is 97.6 Å². The second-order valence-electron chi connectivity index (χ2n) is 4.51. The van der Waals surface area contributed by atoms with E-state index >= 15 is 0 Å². The Morgan fingerprint density at radius 1 is 1.32 bits per heavy atom. The number of carbonyl (C=O) groups is 2. The van der Waals surface area contributed by atoms with Gasteiger partial charge in [-0.2, -0.15) is 0 Å². The first-order chi connectivity index (χ1) is 10.6. The number of nitrogens with zero attached hydrogens (tertiary/aromatic N) is 4. The number of methoxy groups -OCH3 is 1. The van der Waals surface area contributed by atoms with Gasteiger partial charge in [-0.25, -0.2) is 4.68 Å². The van der Waals surface area contributed by atoms with Crippen molar-refractivity contribution in [1.29, 1.82) is 0 Å².